The highest BCUT2D eigenvalue weighted by atomic mass is 16.2. The Hall–Kier alpha value is -2.36. The van der Waals surface area contributed by atoms with E-state index in [0.717, 1.165) is 24.1 Å². The van der Waals surface area contributed by atoms with E-state index in [1.54, 1.807) is 25.2 Å². The van der Waals surface area contributed by atoms with Gasteiger partial charge in [-0.25, -0.2) is 0 Å². The van der Waals surface area contributed by atoms with Gasteiger partial charge in [0.05, 0.1) is 0 Å². The average Bonchev–Trinajstić information content (AvgIpc) is 2.87. The Balaban J connectivity index is 1.98. The second-order valence-electron chi connectivity index (χ2n) is 5.64. The predicted molar refractivity (Wildman–Crippen MR) is 84.7 cm³/mol. The first-order chi connectivity index (χ1) is 10.1. The first-order valence-corrected chi connectivity index (χ1v) is 7.08. The monoisotopic (exact) mass is 281 g/mol. The van der Waals surface area contributed by atoms with Crippen LogP contribution in [0.15, 0.2) is 36.5 Å². The Morgan fingerprint density at radius 3 is 2.71 bits per heavy atom. The van der Waals surface area contributed by atoms with Crippen LogP contribution in [-0.4, -0.2) is 43.5 Å². The lowest BCUT2D eigenvalue weighted by Gasteiger charge is -2.13. The molecule has 0 fully saturated rings. The van der Waals surface area contributed by atoms with Crippen molar-refractivity contribution in [3.8, 4) is 11.1 Å². The van der Waals surface area contributed by atoms with Crippen LogP contribution in [0.25, 0.3) is 11.1 Å². The minimum atomic E-state index is -0.0715. The highest BCUT2D eigenvalue weighted by Crippen LogP contribution is 2.31. The van der Waals surface area contributed by atoms with E-state index in [-0.39, 0.29) is 5.91 Å². The molecule has 1 amide bonds. The summed E-state index contributed by atoms with van der Waals surface area (Å²) in [6, 6.07) is 10.3. The smallest absolute Gasteiger partial charge is 0.271 e. The molecule has 4 heteroatoms. The summed E-state index contributed by atoms with van der Waals surface area (Å²) in [4.78, 5) is 20.0. The molecule has 2 heterocycles. The highest BCUT2D eigenvalue weighted by molar-refractivity contribution is 5.93. The normalized spacial score (nSPS) is 13.2. The van der Waals surface area contributed by atoms with Crippen molar-refractivity contribution in [2.45, 2.75) is 6.42 Å². The molecule has 0 unspecified atom stereocenters. The van der Waals surface area contributed by atoms with E-state index in [0.29, 0.717) is 5.69 Å². The fourth-order valence-corrected chi connectivity index (χ4v) is 2.70. The zero-order valence-electron chi connectivity index (χ0n) is 12.6. The number of nitrogens with zero attached hydrogens (tertiary/aromatic N) is 3. The maximum atomic E-state index is 12.0. The zero-order chi connectivity index (χ0) is 15.0. The molecule has 0 saturated carbocycles. The SMILES string of the molecule is CN(C)C(=O)c1cc(-c2ccc3c(c2)CCN3C)ccn1. The number of pyridine rings is 1. The van der Waals surface area contributed by atoms with Gasteiger partial charge in [0.15, 0.2) is 0 Å². The van der Waals surface area contributed by atoms with Gasteiger partial charge < -0.3 is 9.80 Å². The number of carbonyl (C=O) groups is 1. The van der Waals surface area contributed by atoms with Gasteiger partial charge in [-0.2, -0.15) is 0 Å². The molecule has 0 atom stereocenters. The number of aromatic nitrogens is 1. The lowest BCUT2D eigenvalue weighted by Crippen LogP contribution is -2.22. The van der Waals surface area contributed by atoms with Crippen molar-refractivity contribution in [3.05, 3.63) is 47.8 Å². The van der Waals surface area contributed by atoms with E-state index in [1.165, 1.54) is 11.3 Å². The van der Waals surface area contributed by atoms with Crippen molar-refractivity contribution in [1.29, 1.82) is 0 Å². The minimum absolute atomic E-state index is 0.0715. The van der Waals surface area contributed by atoms with Crippen LogP contribution in [0.3, 0.4) is 0 Å². The molecule has 3 rings (SSSR count). The molecule has 1 aromatic heterocycles. The van der Waals surface area contributed by atoms with Crippen molar-refractivity contribution in [2.75, 3.05) is 32.6 Å². The third-order valence-electron chi connectivity index (χ3n) is 3.93. The maximum absolute atomic E-state index is 12.0. The number of benzene rings is 1. The summed E-state index contributed by atoms with van der Waals surface area (Å²) in [6.07, 6.45) is 2.78. The third kappa shape index (κ3) is 2.49. The van der Waals surface area contributed by atoms with Crippen molar-refractivity contribution in [2.24, 2.45) is 0 Å². The predicted octanol–water partition coefficient (Wildman–Crippen LogP) is 2.44. The molecule has 108 valence electrons. The molecule has 1 aliphatic rings. The number of carbonyl (C=O) groups excluding carboxylic acids is 1. The van der Waals surface area contributed by atoms with Gasteiger partial charge in [0.2, 0.25) is 0 Å². The standard InChI is InChI=1S/C17H19N3O/c1-19(2)17(21)15-11-13(6-8-18-15)12-4-5-16-14(10-12)7-9-20(16)3/h4-6,8,10-11H,7,9H2,1-3H3. The number of anilines is 1. The molecule has 2 aromatic rings. The summed E-state index contributed by atoms with van der Waals surface area (Å²) in [5.74, 6) is -0.0715. The Morgan fingerprint density at radius 2 is 1.95 bits per heavy atom. The molecule has 1 aliphatic heterocycles. The number of hydrogen-bond acceptors (Lipinski definition) is 3. The summed E-state index contributed by atoms with van der Waals surface area (Å²) < 4.78 is 0. The van der Waals surface area contributed by atoms with Gasteiger partial charge in [-0.3, -0.25) is 9.78 Å². The van der Waals surface area contributed by atoms with Gasteiger partial charge in [0.25, 0.3) is 5.91 Å². The Kier molecular flexibility index (Phi) is 3.37. The lowest BCUT2D eigenvalue weighted by atomic mass is 10.0. The van der Waals surface area contributed by atoms with Crippen LogP contribution in [0.2, 0.25) is 0 Å². The molecule has 0 saturated heterocycles. The fourth-order valence-electron chi connectivity index (χ4n) is 2.70. The van der Waals surface area contributed by atoms with Gasteiger partial charge in [0, 0.05) is 39.6 Å². The second kappa shape index (κ2) is 5.20. The van der Waals surface area contributed by atoms with Gasteiger partial charge in [-0.05, 0) is 47.4 Å². The number of hydrogen-bond donors (Lipinski definition) is 0. The topological polar surface area (TPSA) is 36.4 Å². The van der Waals surface area contributed by atoms with Crippen molar-refractivity contribution in [1.82, 2.24) is 9.88 Å². The van der Waals surface area contributed by atoms with Crippen LogP contribution < -0.4 is 4.90 Å². The van der Waals surface area contributed by atoms with Crippen LogP contribution in [0.5, 0.6) is 0 Å². The molecular weight excluding hydrogens is 262 g/mol. The Morgan fingerprint density at radius 1 is 1.19 bits per heavy atom. The number of fused-ring (bicyclic) bond motifs is 1. The van der Waals surface area contributed by atoms with Crippen LogP contribution in [0.1, 0.15) is 16.1 Å². The lowest BCUT2D eigenvalue weighted by molar-refractivity contribution is 0.0822. The Bertz CT molecular complexity index is 694. The third-order valence-corrected chi connectivity index (χ3v) is 3.93. The summed E-state index contributed by atoms with van der Waals surface area (Å²) in [6.45, 7) is 1.07. The van der Waals surface area contributed by atoms with Crippen LogP contribution >= 0.6 is 0 Å². The summed E-state index contributed by atoms with van der Waals surface area (Å²) in [5.41, 5.74) is 5.33. The van der Waals surface area contributed by atoms with E-state index in [1.807, 2.05) is 12.1 Å². The fraction of sp³-hybridized carbons (Fsp3) is 0.294. The van der Waals surface area contributed by atoms with E-state index < -0.39 is 0 Å². The van der Waals surface area contributed by atoms with Crippen molar-refractivity contribution >= 4 is 11.6 Å². The van der Waals surface area contributed by atoms with E-state index in [2.05, 4.69) is 35.1 Å². The van der Waals surface area contributed by atoms with E-state index in [9.17, 15) is 4.79 Å². The molecule has 0 spiro atoms. The van der Waals surface area contributed by atoms with Gasteiger partial charge >= 0.3 is 0 Å². The number of amides is 1. The second-order valence-corrected chi connectivity index (χ2v) is 5.64. The highest BCUT2D eigenvalue weighted by Gasteiger charge is 2.16. The van der Waals surface area contributed by atoms with E-state index >= 15 is 0 Å². The molecular formula is C17H19N3O. The molecule has 4 nitrogen and oxygen atoms in total. The molecule has 0 radical (unpaired) electrons. The molecule has 21 heavy (non-hydrogen) atoms. The zero-order valence-corrected chi connectivity index (χ0v) is 12.6. The molecule has 0 N–H and O–H groups in total. The van der Waals surface area contributed by atoms with Crippen molar-refractivity contribution < 1.29 is 4.79 Å². The van der Waals surface area contributed by atoms with Crippen molar-refractivity contribution in [3.63, 3.8) is 0 Å². The Labute approximate surface area is 125 Å². The first-order valence-electron chi connectivity index (χ1n) is 7.08. The number of rotatable bonds is 2. The summed E-state index contributed by atoms with van der Waals surface area (Å²) >= 11 is 0. The van der Waals surface area contributed by atoms with Crippen LogP contribution in [0.4, 0.5) is 5.69 Å². The minimum Gasteiger partial charge on any atom is -0.374 e. The van der Waals surface area contributed by atoms with Gasteiger partial charge in [-0.1, -0.05) is 6.07 Å². The average molecular weight is 281 g/mol. The molecule has 1 aromatic carbocycles. The van der Waals surface area contributed by atoms with Crippen LogP contribution in [0, 0.1) is 0 Å². The largest absolute Gasteiger partial charge is 0.374 e. The first kappa shape index (κ1) is 13.6. The summed E-state index contributed by atoms with van der Waals surface area (Å²) in [5, 5.41) is 0. The van der Waals surface area contributed by atoms with Crippen LogP contribution in [-0.2, 0) is 6.42 Å². The molecule has 0 aliphatic carbocycles. The maximum Gasteiger partial charge on any atom is 0.271 e. The quantitative estimate of drug-likeness (QED) is 0.848. The number of likely N-dealkylation sites (N-methyl/N-ethyl adjacent to an activating group) is 1. The molecule has 0 bridgehead atoms. The van der Waals surface area contributed by atoms with Gasteiger partial charge in [0.1, 0.15) is 5.69 Å². The van der Waals surface area contributed by atoms with E-state index in [4.69, 9.17) is 0 Å². The summed E-state index contributed by atoms with van der Waals surface area (Å²) in [7, 11) is 5.59. The van der Waals surface area contributed by atoms with Gasteiger partial charge in [-0.15, -0.1) is 0 Å².